The topological polar surface area (TPSA) is 90.2 Å². The van der Waals surface area contributed by atoms with Crippen molar-refractivity contribution in [2.75, 3.05) is 14.1 Å². The van der Waals surface area contributed by atoms with Gasteiger partial charge in [-0.1, -0.05) is 29.8 Å². The monoisotopic (exact) mass is 419 g/mol. The van der Waals surface area contributed by atoms with E-state index < -0.39 is 11.9 Å². The van der Waals surface area contributed by atoms with Crippen molar-refractivity contribution in [3.63, 3.8) is 0 Å². The van der Waals surface area contributed by atoms with E-state index in [0.29, 0.717) is 17.0 Å². The van der Waals surface area contributed by atoms with E-state index in [0.717, 1.165) is 23.3 Å². The Morgan fingerprint density at radius 1 is 1.00 bits per heavy atom. The average Bonchev–Trinajstić information content (AvgIpc) is 3.06. The van der Waals surface area contributed by atoms with Gasteiger partial charge in [0.1, 0.15) is 0 Å². The SMILES string of the molecule is Cc1ccc(-c2nc3c4c(c(C)cn3c2CC(=O)N(C)C)OC(=O)/C=C\C(=O)O4)cc1. The van der Waals surface area contributed by atoms with E-state index in [-0.39, 0.29) is 29.5 Å². The van der Waals surface area contributed by atoms with Gasteiger partial charge in [-0.2, -0.15) is 0 Å². The van der Waals surface area contributed by atoms with Crippen molar-refractivity contribution in [3.8, 4) is 22.8 Å². The lowest BCUT2D eigenvalue weighted by Crippen LogP contribution is -2.24. The number of ether oxygens (including phenoxy) is 2. The second-order valence-electron chi connectivity index (χ2n) is 7.58. The molecule has 0 N–H and O–H groups in total. The minimum absolute atomic E-state index is 0.0413. The molecular weight excluding hydrogens is 398 g/mol. The van der Waals surface area contributed by atoms with Crippen molar-refractivity contribution in [2.24, 2.45) is 0 Å². The molecule has 1 aliphatic heterocycles. The zero-order valence-electron chi connectivity index (χ0n) is 17.6. The van der Waals surface area contributed by atoms with E-state index in [1.54, 1.807) is 31.6 Å². The fourth-order valence-electron chi connectivity index (χ4n) is 3.34. The van der Waals surface area contributed by atoms with E-state index in [2.05, 4.69) is 0 Å². The maximum absolute atomic E-state index is 12.6. The fraction of sp³-hybridized carbons (Fsp3) is 0.217. The van der Waals surface area contributed by atoms with Gasteiger partial charge in [0, 0.05) is 43.6 Å². The lowest BCUT2D eigenvalue weighted by molar-refractivity contribution is -0.133. The number of pyridine rings is 1. The summed E-state index contributed by atoms with van der Waals surface area (Å²) in [7, 11) is 3.37. The minimum Gasteiger partial charge on any atom is -0.419 e. The number of imidazole rings is 1. The largest absolute Gasteiger partial charge is 0.419 e. The van der Waals surface area contributed by atoms with Crippen LogP contribution in [0.4, 0.5) is 0 Å². The molecule has 3 aromatic rings. The Balaban J connectivity index is 2.01. The lowest BCUT2D eigenvalue weighted by atomic mass is 10.1. The van der Waals surface area contributed by atoms with E-state index in [9.17, 15) is 14.4 Å². The van der Waals surface area contributed by atoms with Crippen LogP contribution >= 0.6 is 0 Å². The summed E-state index contributed by atoms with van der Waals surface area (Å²) in [6, 6.07) is 7.76. The molecule has 0 fully saturated rings. The predicted octanol–water partition coefficient (Wildman–Crippen LogP) is 2.63. The summed E-state index contributed by atoms with van der Waals surface area (Å²) in [5, 5.41) is 0. The highest BCUT2D eigenvalue weighted by atomic mass is 16.6. The highest BCUT2D eigenvalue weighted by Gasteiger charge is 2.27. The number of nitrogens with zero attached hydrogens (tertiary/aromatic N) is 3. The Morgan fingerprint density at radius 3 is 2.23 bits per heavy atom. The van der Waals surface area contributed by atoms with Crippen molar-refractivity contribution in [1.29, 1.82) is 0 Å². The molecule has 31 heavy (non-hydrogen) atoms. The van der Waals surface area contributed by atoms with Gasteiger partial charge in [0.05, 0.1) is 17.8 Å². The van der Waals surface area contributed by atoms with Gasteiger partial charge in [-0.25, -0.2) is 14.6 Å². The number of fused-ring (bicyclic) bond motifs is 3. The number of hydrogen-bond donors (Lipinski definition) is 0. The van der Waals surface area contributed by atoms with Crippen LogP contribution in [-0.4, -0.2) is 46.2 Å². The molecule has 1 aliphatic rings. The molecule has 0 saturated carbocycles. The number of esters is 2. The summed E-state index contributed by atoms with van der Waals surface area (Å²) in [4.78, 5) is 42.9. The molecule has 3 heterocycles. The molecule has 0 atom stereocenters. The van der Waals surface area contributed by atoms with E-state index >= 15 is 0 Å². The molecule has 4 rings (SSSR count). The summed E-state index contributed by atoms with van der Waals surface area (Å²) in [5.41, 5.74) is 3.98. The van der Waals surface area contributed by atoms with Crippen molar-refractivity contribution in [2.45, 2.75) is 20.3 Å². The first-order chi connectivity index (χ1) is 14.7. The zero-order chi connectivity index (χ0) is 22.3. The molecule has 2 aromatic heterocycles. The van der Waals surface area contributed by atoms with Gasteiger partial charge in [0.25, 0.3) is 0 Å². The normalized spacial score (nSPS) is 14.3. The van der Waals surface area contributed by atoms with Crippen LogP contribution in [0.1, 0.15) is 16.8 Å². The van der Waals surface area contributed by atoms with Crippen molar-refractivity contribution in [3.05, 3.63) is 59.4 Å². The molecule has 0 aliphatic carbocycles. The number of benzene rings is 1. The highest BCUT2D eigenvalue weighted by Crippen LogP contribution is 2.39. The summed E-state index contributed by atoms with van der Waals surface area (Å²) < 4.78 is 12.6. The Hall–Kier alpha value is -3.94. The average molecular weight is 419 g/mol. The number of likely N-dealkylation sites (N-methyl/N-ethyl adjacent to an activating group) is 1. The Morgan fingerprint density at radius 2 is 1.61 bits per heavy atom. The predicted molar refractivity (Wildman–Crippen MR) is 113 cm³/mol. The van der Waals surface area contributed by atoms with Gasteiger partial charge in [-0.3, -0.25) is 9.20 Å². The van der Waals surface area contributed by atoms with Crippen LogP contribution in [0.5, 0.6) is 11.5 Å². The molecule has 1 amide bonds. The summed E-state index contributed by atoms with van der Waals surface area (Å²) >= 11 is 0. The van der Waals surface area contributed by atoms with Gasteiger partial charge < -0.3 is 14.4 Å². The molecule has 0 spiro atoms. The second kappa shape index (κ2) is 7.71. The molecule has 1 aromatic carbocycles. The van der Waals surface area contributed by atoms with Crippen LogP contribution in [0, 0.1) is 13.8 Å². The number of amides is 1. The minimum atomic E-state index is -0.712. The van der Waals surface area contributed by atoms with Crippen LogP contribution in [0.3, 0.4) is 0 Å². The number of carbonyl (C=O) groups is 3. The Labute approximate surface area is 178 Å². The maximum Gasteiger partial charge on any atom is 0.336 e. The number of aromatic nitrogens is 2. The molecule has 0 bridgehead atoms. The number of hydrogen-bond acceptors (Lipinski definition) is 6. The first-order valence-electron chi connectivity index (χ1n) is 9.68. The van der Waals surface area contributed by atoms with E-state index in [1.807, 2.05) is 31.2 Å². The standard InChI is InChI=1S/C23H21N3O5/c1-13-5-7-15(8-6-13)20-16(11-17(27)25(3)4)26-12-14(2)21-22(23(26)24-20)31-19(29)10-9-18(28)30-21/h5-10,12H,11H2,1-4H3/b10-9-. The Bertz CT molecular complexity index is 1250. The number of aryl methyl sites for hydroxylation is 2. The quantitative estimate of drug-likeness (QED) is 0.607. The van der Waals surface area contributed by atoms with Crippen LogP contribution in [0.2, 0.25) is 0 Å². The third-order valence-corrected chi connectivity index (χ3v) is 5.00. The van der Waals surface area contributed by atoms with Gasteiger partial charge in [0.15, 0.2) is 11.4 Å². The zero-order valence-corrected chi connectivity index (χ0v) is 17.6. The highest BCUT2D eigenvalue weighted by molar-refractivity contribution is 5.96. The molecule has 0 unspecified atom stereocenters. The van der Waals surface area contributed by atoms with Crippen LogP contribution in [0.25, 0.3) is 16.9 Å². The van der Waals surface area contributed by atoms with Gasteiger partial charge in [-0.15, -0.1) is 0 Å². The lowest BCUT2D eigenvalue weighted by Gasteiger charge is -2.15. The third-order valence-electron chi connectivity index (χ3n) is 5.00. The second-order valence-corrected chi connectivity index (χ2v) is 7.58. The van der Waals surface area contributed by atoms with Crippen molar-refractivity contribution >= 4 is 23.5 Å². The van der Waals surface area contributed by atoms with Gasteiger partial charge in [0.2, 0.25) is 11.7 Å². The first kappa shape index (κ1) is 20.3. The van der Waals surface area contributed by atoms with E-state index in [4.69, 9.17) is 14.5 Å². The third kappa shape index (κ3) is 3.79. The molecule has 158 valence electrons. The molecule has 0 radical (unpaired) electrons. The van der Waals surface area contributed by atoms with Crippen molar-refractivity contribution < 1.29 is 23.9 Å². The summed E-state index contributed by atoms with van der Waals surface area (Å²) in [6.45, 7) is 3.71. The van der Waals surface area contributed by atoms with Crippen LogP contribution < -0.4 is 9.47 Å². The summed E-state index contributed by atoms with van der Waals surface area (Å²) in [5.74, 6) is -1.33. The van der Waals surface area contributed by atoms with E-state index in [1.165, 1.54) is 4.90 Å². The molecular formula is C23H21N3O5. The fourth-order valence-corrected chi connectivity index (χ4v) is 3.34. The van der Waals surface area contributed by atoms with Gasteiger partial charge >= 0.3 is 11.9 Å². The van der Waals surface area contributed by atoms with Crippen molar-refractivity contribution in [1.82, 2.24) is 14.3 Å². The first-order valence-corrected chi connectivity index (χ1v) is 9.68. The van der Waals surface area contributed by atoms with Crippen LogP contribution in [0.15, 0.2) is 42.6 Å². The smallest absolute Gasteiger partial charge is 0.336 e. The number of rotatable bonds is 3. The number of carbonyl (C=O) groups excluding carboxylic acids is 3. The summed E-state index contributed by atoms with van der Waals surface area (Å²) in [6.07, 6.45) is 3.83. The Kier molecular flexibility index (Phi) is 5.06. The molecule has 0 saturated heterocycles. The molecule has 8 heteroatoms. The van der Waals surface area contributed by atoms with Gasteiger partial charge in [-0.05, 0) is 13.8 Å². The maximum atomic E-state index is 12.6. The van der Waals surface area contributed by atoms with Crippen LogP contribution in [-0.2, 0) is 20.8 Å². The molecule has 8 nitrogen and oxygen atoms in total.